The largest absolute Gasteiger partial charge is 0.481 e. The van der Waals surface area contributed by atoms with E-state index in [1.54, 1.807) is 6.20 Å². The zero-order chi connectivity index (χ0) is 20.9. The first-order valence-electron chi connectivity index (χ1n) is 10.5. The number of hydrogen-bond acceptors (Lipinski definition) is 3. The molecular formula is C23H31NO4S. The Morgan fingerprint density at radius 3 is 2.72 bits per heavy atom. The Morgan fingerprint density at radius 1 is 1.24 bits per heavy atom. The zero-order valence-corrected chi connectivity index (χ0v) is 17.8. The van der Waals surface area contributed by atoms with Crippen LogP contribution < -0.4 is 4.72 Å². The molecule has 0 aromatic heterocycles. The maximum Gasteiger partial charge on any atom is 0.303 e. The Labute approximate surface area is 174 Å². The van der Waals surface area contributed by atoms with Crippen LogP contribution >= 0.6 is 0 Å². The molecule has 5 nitrogen and oxygen atoms in total. The van der Waals surface area contributed by atoms with Gasteiger partial charge in [0, 0.05) is 18.5 Å². The van der Waals surface area contributed by atoms with Crippen molar-refractivity contribution in [3.8, 4) is 0 Å². The second-order valence-corrected chi connectivity index (χ2v) is 10.2. The Bertz CT molecular complexity index is 871. The van der Waals surface area contributed by atoms with Crippen LogP contribution in [-0.2, 0) is 21.2 Å². The van der Waals surface area contributed by atoms with Crippen molar-refractivity contribution in [2.75, 3.05) is 5.75 Å². The predicted molar refractivity (Wildman–Crippen MR) is 115 cm³/mol. The lowest BCUT2D eigenvalue weighted by Crippen LogP contribution is -2.24. The number of unbranched alkanes of at least 4 members (excludes halogenated alkanes) is 1. The van der Waals surface area contributed by atoms with Gasteiger partial charge in [0.2, 0.25) is 10.0 Å². The summed E-state index contributed by atoms with van der Waals surface area (Å²) in [7, 11) is -3.37. The molecule has 0 heterocycles. The van der Waals surface area contributed by atoms with Gasteiger partial charge in [0.05, 0.1) is 5.75 Å². The third-order valence-electron chi connectivity index (χ3n) is 6.13. The number of nitrogens with one attached hydrogen (secondary N) is 1. The lowest BCUT2D eigenvalue weighted by molar-refractivity contribution is -0.137. The van der Waals surface area contributed by atoms with E-state index in [9.17, 15) is 13.2 Å². The highest BCUT2D eigenvalue weighted by Crippen LogP contribution is 2.52. The predicted octanol–water partition coefficient (Wildman–Crippen LogP) is 4.20. The van der Waals surface area contributed by atoms with E-state index in [1.165, 1.54) is 12.0 Å². The van der Waals surface area contributed by atoms with Gasteiger partial charge in [-0.05, 0) is 68.4 Å². The van der Waals surface area contributed by atoms with Crippen molar-refractivity contribution < 1.29 is 18.3 Å². The molecule has 3 rings (SSSR count). The molecule has 1 aromatic rings. The third kappa shape index (κ3) is 6.20. The van der Waals surface area contributed by atoms with Crippen molar-refractivity contribution in [2.45, 2.75) is 51.9 Å². The van der Waals surface area contributed by atoms with Crippen molar-refractivity contribution in [2.24, 2.45) is 17.8 Å². The summed E-state index contributed by atoms with van der Waals surface area (Å²) in [5, 5.41) is 8.73. The monoisotopic (exact) mass is 417 g/mol. The van der Waals surface area contributed by atoms with Crippen LogP contribution in [0.4, 0.5) is 0 Å². The summed E-state index contributed by atoms with van der Waals surface area (Å²) >= 11 is 0. The minimum atomic E-state index is -3.37. The number of aliphatic carboxylic acids is 1. The van der Waals surface area contributed by atoms with E-state index in [4.69, 9.17) is 5.11 Å². The summed E-state index contributed by atoms with van der Waals surface area (Å²) in [6, 6.07) is 7.95. The van der Waals surface area contributed by atoms with E-state index in [0.29, 0.717) is 24.7 Å². The lowest BCUT2D eigenvalue weighted by Gasteiger charge is -2.22. The number of benzene rings is 1. The number of carboxylic acid groups (broad SMARTS) is 1. The Morgan fingerprint density at radius 2 is 2.00 bits per heavy atom. The summed E-state index contributed by atoms with van der Waals surface area (Å²) in [5.74, 6) is 0.633. The second kappa shape index (κ2) is 9.61. The van der Waals surface area contributed by atoms with Crippen LogP contribution in [0.25, 0.3) is 0 Å². The molecule has 2 bridgehead atoms. The molecule has 1 aromatic carbocycles. The molecule has 2 aliphatic rings. The van der Waals surface area contributed by atoms with E-state index in [2.05, 4.69) is 16.9 Å². The van der Waals surface area contributed by atoms with Crippen molar-refractivity contribution in [1.82, 2.24) is 4.72 Å². The quantitative estimate of drug-likeness (QED) is 0.441. The van der Waals surface area contributed by atoms with Crippen molar-refractivity contribution >= 4 is 16.0 Å². The van der Waals surface area contributed by atoms with Gasteiger partial charge in [0.15, 0.2) is 0 Å². The average Bonchev–Trinajstić information content (AvgIpc) is 3.27. The zero-order valence-electron chi connectivity index (χ0n) is 17.0. The number of carbonyl (C=O) groups is 1. The maximum absolute atomic E-state index is 12.5. The van der Waals surface area contributed by atoms with Crippen LogP contribution in [0.15, 0.2) is 48.2 Å². The van der Waals surface area contributed by atoms with E-state index >= 15 is 0 Å². The first-order chi connectivity index (χ1) is 13.8. The lowest BCUT2D eigenvalue weighted by atomic mass is 9.84. The van der Waals surface area contributed by atoms with E-state index in [-0.39, 0.29) is 18.1 Å². The molecule has 158 valence electrons. The summed E-state index contributed by atoms with van der Waals surface area (Å²) in [6.45, 7) is 2.01. The molecule has 0 saturated heterocycles. The molecule has 3 unspecified atom stereocenters. The smallest absolute Gasteiger partial charge is 0.303 e. The second-order valence-electron chi connectivity index (χ2n) is 8.33. The minimum Gasteiger partial charge on any atom is -0.481 e. The number of fused-ring (bicyclic) bond motifs is 2. The van der Waals surface area contributed by atoms with E-state index in [0.717, 1.165) is 30.4 Å². The molecule has 0 aliphatic heterocycles. The minimum absolute atomic E-state index is 0.0730. The van der Waals surface area contributed by atoms with Gasteiger partial charge in [-0.15, -0.1) is 0 Å². The van der Waals surface area contributed by atoms with E-state index in [1.807, 2.05) is 31.2 Å². The standard InChI is InChI=1S/C23H31NO4S/c1-17-7-9-18(10-8-17)13-14-29(27,28)24-16-22-20-12-11-19(15-20)21(22)5-3-2-4-6-23(25)26/h3,5,7-10,16,19-21,24H,2,4,6,11-15H2,1H3,(H,25,26). The van der Waals surface area contributed by atoms with Crippen molar-refractivity contribution in [3.63, 3.8) is 0 Å². The van der Waals surface area contributed by atoms with Crippen LogP contribution in [0.1, 0.15) is 49.7 Å². The fourth-order valence-corrected chi connectivity index (χ4v) is 5.45. The van der Waals surface area contributed by atoms with Gasteiger partial charge >= 0.3 is 5.97 Å². The molecule has 29 heavy (non-hydrogen) atoms. The maximum atomic E-state index is 12.5. The van der Waals surface area contributed by atoms with Gasteiger partial charge in [-0.2, -0.15) is 0 Å². The summed E-state index contributed by atoms with van der Waals surface area (Å²) in [5.41, 5.74) is 3.38. The van der Waals surface area contributed by atoms with Gasteiger partial charge in [0.25, 0.3) is 0 Å². The van der Waals surface area contributed by atoms with Crippen LogP contribution in [-0.4, -0.2) is 25.2 Å². The molecule has 0 amide bonds. The highest BCUT2D eigenvalue weighted by atomic mass is 32.2. The van der Waals surface area contributed by atoms with Crippen LogP contribution in [0, 0.1) is 24.7 Å². The highest BCUT2D eigenvalue weighted by molar-refractivity contribution is 7.89. The number of hydrogen-bond donors (Lipinski definition) is 2. The van der Waals surface area contributed by atoms with Gasteiger partial charge < -0.3 is 5.11 Å². The molecule has 3 atom stereocenters. The fraction of sp³-hybridized carbons (Fsp3) is 0.522. The van der Waals surface area contributed by atoms with Gasteiger partial charge in [-0.1, -0.05) is 42.0 Å². The summed E-state index contributed by atoms with van der Waals surface area (Å²) < 4.78 is 27.7. The first kappa shape index (κ1) is 21.6. The molecule has 0 spiro atoms. The van der Waals surface area contributed by atoms with Gasteiger partial charge in [-0.25, -0.2) is 8.42 Å². The van der Waals surface area contributed by atoms with Crippen molar-refractivity contribution in [1.29, 1.82) is 0 Å². The van der Waals surface area contributed by atoms with Gasteiger partial charge in [0.1, 0.15) is 0 Å². The third-order valence-corrected chi connectivity index (χ3v) is 7.35. The molecule has 2 fully saturated rings. The first-order valence-corrected chi connectivity index (χ1v) is 12.1. The number of allylic oxidation sites excluding steroid dienone is 3. The molecule has 6 heteroatoms. The average molecular weight is 418 g/mol. The summed E-state index contributed by atoms with van der Waals surface area (Å²) in [6.07, 6.45) is 11.5. The Hall–Kier alpha value is -2.08. The number of sulfonamides is 1. The van der Waals surface area contributed by atoms with Crippen molar-refractivity contribution in [3.05, 3.63) is 59.3 Å². The van der Waals surface area contributed by atoms with E-state index < -0.39 is 16.0 Å². The van der Waals surface area contributed by atoms with Crippen LogP contribution in [0.2, 0.25) is 0 Å². The fourth-order valence-electron chi connectivity index (χ4n) is 4.51. The molecular weight excluding hydrogens is 386 g/mol. The number of aryl methyl sites for hydroxylation is 2. The Kier molecular flexibility index (Phi) is 7.17. The SMILES string of the molecule is Cc1ccc(CCS(=O)(=O)NC=C2C3CCC(C3)C2C=CCCCC(=O)O)cc1. The van der Waals surface area contributed by atoms with Crippen LogP contribution in [0.5, 0.6) is 0 Å². The molecule has 2 saturated carbocycles. The Balaban J connectivity index is 1.57. The molecule has 0 radical (unpaired) electrons. The van der Waals surface area contributed by atoms with Crippen LogP contribution in [0.3, 0.4) is 0 Å². The topological polar surface area (TPSA) is 83.5 Å². The number of carboxylic acids is 1. The van der Waals surface area contributed by atoms with Gasteiger partial charge in [-0.3, -0.25) is 9.52 Å². The highest BCUT2D eigenvalue weighted by Gasteiger charge is 2.42. The normalized spacial score (nSPS) is 25.1. The number of rotatable bonds is 10. The molecule has 2 aliphatic carbocycles. The molecule has 2 N–H and O–H groups in total. The summed E-state index contributed by atoms with van der Waals surface area (Å²) in [4.78, 5) is 10.6.